The molecule has 0 atom stereocenters. The number of ether oxygens (including phenoxy) is 1. The van der Waals surface area contributed by atoms with Crippen molar-refractivity contribution in [3.8, 4) is 5.75 Å². The summed E-state index contributed by atoms with van der Waals surface area (Å²) in [7, 11) is 0. The number of aryl methyl sites for hydroxylation is 2. The first-order valence-electron chi connectivity index (χ1n) is 7.40. The lowest BCUT2D eigenvalue weighted by Crippen LogP contribution is -2.15. The second-order valence-corrected chi connectivity index (χ2v) is 5.36. The summed E-state index contributed by atoms with van der Waals surface area (Å²) < 4.78 is 5.75. The number of anilines is 1. The van der Waals surface area contributed by atoms with E-state index < -0.39 is 5.91 Å². The van der Waals surface area contributed by atoms with E-state index >= 15 is 0 Å². The Labute approximate surface area is 131 Å². The van der Waals surface area contributed by atoms with Gasteiger partial charge in [0.2, 0.25) is 0 Å². The van der Waals surface area contributed by atoms with Crippen molar-refractivity contribution in [3.05, 3.63) is 59.2 Å². The van der Waals surface area contributed by atoms with Crippen LogP contribution in [-0.2, 0) is 0 Å². The van der Waals surface area contributed by atoms with Gasteiger partial charge in [0, 0.05) is 12.2 Å². The first-order chi connectivity index (χ1) is 10.6. The number of primary amides is 1. The molecule has 2 aromatic rings. The third-order valence-electron chi connectivity index (χ3n) is 3.29. The van der Waals surface area contributed by atoms with Gasteiger partial charge in [-0.15, -0.1) is 0 Å². The van der Waals surface area contributed by atoms with Gasteiger partial charge in [0.15, 0.2) is 0 Å². The molecule has 0 aliphatic heterocycles. The molecule has 0 spiro atoms. The summed E-state index contributed by atoms with van der Waals surface area (Å²) in [5, 5.41) is 3.22. The van der Waals surface area contributed by atoms with Crippen LogP contribution in [0.3, 0.4) is 0 Å². The van der Waals surface area contributed by atoms with E-state index in [0.717, 1.165) is 24.4 Å². The SMILES string of the molecule is Cc1cc(C)cc(OCCCNc2ccccc2C(N)=O)c1. The molecule has 0 saturated heterocycles. The zero-order valence-corrected chi connectivity index (χ0v) is 13.1. The Hall–Kier alpha value is -2.49. The molecule has 22 heavy (non-hydrogen) atoms. The maximum absolute atomic E-state index is 11.3. The fourth-order valence-electron chi connectivity index (χ4n) is 2.35. The van der Waals surface area contributed by atoms with E-state index in [0.29, 0.717) is 12.2 Å². The van der Waals surface area contributed by atoms with Gasteiger partial charge in [-0.05, 0) is 55.7 Å². The molecule has 0 saturated carbocycles. The Bertz CT molecular complexity index is 633. The van der Waals surface area contributed by atoms with Crippen LogP contribution in [0.1, 0.15) is 27.9 Å². The molecule has 0 aliphatic rings. The number of nitrogens with one attached hydrogen (secondary N) is 1. The fraction of sp³-hybridized carbons (Fsp3) is 0.278. The summed E-state index contributed by atoms with van der Waals surface area (Å²) in [6.45, 7) is 5.45. The topological polar surface area (TPSA) is 64.3 Å². The Morgan fingerprint density at radius 3 is 2.50 bits per heavy atom. The quantitative estimate of drug-likeness (QED) is 0.771. The van der Waals surface area contributed by atoms with Gasteiger partial charge in [0.1, 0.15) is 5.75 Å². The van der Waals surface area contributed by atoms with Gasteiger partial charge in [-0.2, -0.15) is 0 Å². The average Bonchev–Trinajstić information content (AvgIpc) is 2.46. The average molecular weight is 298 g/mol. The molecule has 0 radical (unpaired) electrons. The zero-order valence-electron chi connectivity index (χ0n) is 13.1. The summed E-state index contributed by atoms with van der Waals surface area (Å²) >= 11 is 0. The number of carbonyl (C=O) groups is 1. The molecule has 2 rings (SSSR count). The van der Waals surface area contributed by atoms with Crippen LogP contribution in [0.25, 0.3) is 0 Å². The standard InChI is InChI=1S/C18H22N2O2/c1-13-10-14(2)12-15(11-13)22-9-5-8-20-17-7-4-3-6-16(17)18(19)21/h3-4,6-7,10-12,20H,5,8-9H2,1-2H3,(H2,19,21). The van der Waals surface area contributed by atoms with Crippen LogP contribution in [-0.4, -0.2) is 19.1 Å². The molecule has 116 valence electrons. The molecule has 4 nitrogen and oxygen atoms in total. The van der Waals surface area contributed by atoms with E-state index in [1.807, 2.05) is 24.3 Å². The molecule has 0 aliphatic carbocycles. The summed E-state index contributed by atoms with van der Waals surface area (Å²) in [5.74, 6) is 0.477. The van der Waals surface area contributed by atoms with E-state index in [1.54, 1.807) is 12.1 Å². The van der Waals surface area contributed by atoms with E-state index in [1.165, 1.54) is 11.1 Å². The van der Waals surface area contributed by atoms with E-state index in [-0.39, 0.29) is 0 Å². The van der Waals surface area contributed by atoms with Crippen LogP contribution in [0.15, 0.2) is 42.5 Å². The molecule has 1 amide bonds. The van der Waals surface area contributed by atoms with Crippen LogP contribution in [0.5, 0.6) is 5.75 Å². The minimum Gasteiger partial charge on any atom is -0.494 e. The smallest absolute Gasteiger partial charge is 0.250 e. The summed E-state index contributed by atoms with van der Waals surface area (Å²) in [5.41, 5.74) is 9.02. The number of hydrogen-bond acceptors (Lipinski definition) is 3. The largest absolute Gasteiger partial charge is 0.494 e. The van der Waals surface area contributed by atoms with E-state index in [9.17, 15) is 4.79 Å². The lowest BCUT2D eigenvalue weighted by molar-refractivity contribution is 0.100. The van der Waals surface area contributed by atoms with Crippen molar-refractivity contribution < 1.29 is 9.53 Å². The number of rotatable bonds is 7. The highest BCUT2D eigenvalue weighted by molar-refractivity contribution is 5.98. The lowest BCUT2D eigenvalue weighted by atomic mass is 10.1. The van der Waals surface area contributed by atoms with Gasteiger partial charge in [-0.1, -0.05) is 18.2 Å². The number of amides is 1. The third kappa shape index (κ3) is 4.52. The van der Waals surface area contributed by atoms with Crippen molar-refractivity contribution in [1.29, 1.82) is 0 Å². The van der Waals surface area contributed by atoms with E-state index in [2.05, 4.69) is 25.2 Å². The van der Waals surface area contributed by atoms with Crippen molar-refractivity contribution in [2.45, 2.75) is 20.3 Å². The molecular weight excluding hydrogens is 276 g/mol. The molecule has 0 heterocycles. The van der Waals surface area contributed by atoms with Crippen LogP contribution >= 0.6 is 0 Å². The van der Waals surface area contributed by atoms with Gasteiger partial charge in [-0.3, -0.25) is 4.79 Å². The molecule has 2 aromatic carbocycles. The minimum absolute atomic E-state index is 0.422. The summed E-state index contributed by atoms with van der Waals surface area (Å²) in [6, 6.07) is 13.4. The monoisotopic (exact) mass is 298 g/mol. The molecule has 4 heteroatoms. The Morgan fingerprint density at radius 2 is 1.82 bits per heavy atom. The molecule has 3 N–H and O–H groups in total. The first-order valence-corrected chi connectivity index (χ1v) is 7.40. The van der Waals surface area contributed by atoms with Crippen molar-refractivity contribution in [2.24, 2.45) is 5.73 Å². The number of carbonyl (C=O) groups excluding carboxylic acids is 1. The van der Waals surface area contributed by atoms with Gasteiger partial charge in [0.05, 0.1) is 12.2 Å². The van der Waals surface area contributed by atoms with Crippen LogP contribution in [0.4, 0.5) is 5.69 Å². The minimum atomic E-state index is -0.422. The van der Waals surface area contributed by atoms with Crippen LogP contribution in [0, 0.1) is 13.8 Å². The van der Waals surface area contributed by atoms with Crippen molar-refractivity contribution >= 4 is 11.6 Å². The third-order valence-corrected chi connectivity index (χ3v) is 3.29. The molecule has 0 bridgehead atoms. The normalized spacial score (nSPS) is 10.3. The molecule has 0 aromatic heterocycles. The van der Waals surface area contributed by atoms with Crippen LogP contribution in [0.2, 0.25) is 0 Å². The summed E-state index contributed by atoms with van der Waals surface area (Å²) in [6.07, 6.45) is 0.833. The number of hydrogen-bond donors (Lipinski definition) is 2. The molecule has 0 unspecified atom stereocenters. The second kappa shape index (κ2) is 7.50. The molecule has 0 fully saturated rings. The second-order valence-electron chi connectivity index (χ2n) is 5.36. The van der Waals surface area contributed by atoms with Crippen molar-refractivity contribution in [2.75, 3.05) is 18.5 Å². The highest BCUT2D eigenvalue weighted by atomic mass is 16.5. The first kappa shape index (κ1) is 15.9. The van der Waals surface area contributed by atoms with Crippen LogP contribution < -0.4 is 15.8 Å². The molecular formula is C18H22N2O2. The Balaban J connectivity index is 1.79. The zero-order chi connectivity index (χ0) is 15.9. The fourth-order valence-corrected chi connectivity index (χ4v) is 2.35. The van der Waals surface area contributed by atoms with Gasteiger partial charge in [-0.25, -0.2) is 0 Å². The number of nitrogens with two attached hydrogens (primary N) is 1. The summed E-state index contributed by atoms with van der Waals surface area (Å²) in [4.78, 5) is 11.3. The van der Waals surface area contributed by atoms with Gasteiger partial charge in [0.25, 0.3) is 5.91 Å². The van der Waals surface area contributed by atoms with Gasteiger partial charge >= 0.3 is 0 Å². The predicted molar refractivity (Wildman–Crippen MR) is 89.5 cm³/mol. The highest BCUT2D eigenvalue weighted by Gasteiger charge is 2.05. The van der Waals surface area contributed by atoms with E-state index in [4.69, 9.17) is 10.5 Å². The predicted octanol–water partition coefficient (Wildman–Crippen LogP) is 3.28. The number of benzene rings is 2. The number of para-hydroxylation sites is 1. The maximum atomic E-state index is 11.3. The van der Waals surface area contributed by atoms with Gasteiger partial charge < -0.3 is 15.8 Å². The Morgan fingerprint density at radius 1 is 1.14 bits per heavy atom. The highest BCUT2D eigenvalue weighted by Crippen LogP contribution is 2.17. The Kier molecular flexibility index (Phi) is 5.42. The van der Waals surface area contributed by atoms with Crippen molar-refractivity contribution in [3.63, 3.8) is 0 Å². The maximum Gasteiger partial charge on any atom is 0.250 e. The lowest BCUT2D eigenvalue weighted by Gasteiger charge is -2.11. The van der Waals surface area contributed by atoms with Crippen molar-refractivity contribution in [1.82, 2.24) is 0 Å².